The maximum absolute atomic E-state index is 12.6. The Morgan fingerprint density at radius 1 is 0.708 bits per heavy atom. The van der Waals surface area contributed by atoms with Crippen molar-refractivity contribution in [2.45, 2.75) is 193 Å². The second-order valence-electron chi connectivity index (χ2n) is 15.0. The number of allylic oxidation sites excluding steroid dienone is 1. The smallest absolute Gasteiger partial charge is 0.268 e. The summed E-state index contributed by atoms with van der Waals surface area (Å²) in [5, 5.41) is 13.6. The number of carbonyl (C=O) groups is 1. The Labute approximate surface area is 297 Å². The summed E-state index contributed by atoms with van der Waals surface area (Å²) in [4.78, 5) is 24.9. The normalized spacial score (nSPS) is 14.7. The summed E-state index contributed by atoms with van der Waals surface area (Å²) in [6, 6.07) is -0.876. The van der Waals surface area contributed by atoms with Crippen molar-refractivity contribution in [3.05, 3.63) is 12.2 Å². The van der Waals surface area contributed by atoms with Crippen molar-refractivity contribution in [3.8, 4) is 0 Å². The molecule has 3 unspecified atom stereocenters. The van der Waals surface area contributed by atoms with E-state index in [1.165, 1.54) is 109 Å². The number of quaternary nitrogens is 1. The maximum Gasteiger partial charge on any atom is 0.268 e. The number of hydrogen-bond acceptors (Lipinski definition) is 6. The molecule has 1 amide bonds. The number of unbranched alkanes of at least 4 members (excludes halogenated alkanes) is 23. The summed E-state index contributed by atoms with van der Waals surface area (Å²) in [6.45, 7) is 4.55. The molecular weight excluding hydrogens is 623 g/mol. The Kier molecular flexibility index (Phi) is 31.7. The van der Waals surface area contributed by atoms with Gasteiger partial charge in [-0.25, -0.2) is 0 Å². The third-order valence-corrected chi connectivity index (χ3v) is 9.96. The molecule has 0 saturated carbocycles. The molecule has 48 heavy (non-hydrogen) atoms. The van der Waals surface area contributed by atoms with E-state index in [0.717, 1.165) is 51.4 Å². The van der Waals surface area contributed by atoms with Gasteiger partial charge in [-0.2, -0.15) is 0 Å². The number of amides is 1. The highest BCUT2D eigenvalue weighted by Gasteiger charge is 2.23. The van der Waals surface area contributed by atoms with Crippen LogP contribution in [0.1, 0.15) is 181 Å². The third kappa shape index (κ3) is 33.7. The largest absolute Gasteiger partial charge is 0.756 e. The summed E-state index contributed by atoms with van der Waals surface area (Å²) >= 11 is 0. The number of aliphatic hydroxyl groups excluding tert-OH is 1. The van der Waals surface area contributed by atoms with Gasteiger partial charge in [-0.05, 0) is 19.3 Å². The van der Waals surface area contributed by atoms with E-state index < -0.39 is 20.0 Å². The number of phosphoric ester groups is 1. The molecule has 0 radical (unpaired) electrons. The minimum atomic E-state index is -4.56. The summed E-state index contributed by atoms with van der Waals surface area (Å²) in [6.07, 6.45) is 34.4. The fourth-order valence-electron chi connectivity index (χ4n) is 5.74. The molecule has 0 aromatic rings. The van der Waals surface area contributed by atoms with E-state index in [2.05, 4.69) is 19.2 Å². The van der Waals surface area contributed by atoms with Crippen LogP contribution in [0.5, 0.6) is 0 Å². The molecule has 9 heteroatoms. The Hall–Kier alpha value is -0.760. The molecule has 0 spiro atoms. The van der Waals surface area contributed by atoms with Crippen LogP contribution in [0.2, 0.25) is 0 Å². The second-order valence-corrected chi connectivity index (χ2v) is 16.4. The van der Waals surface area contributed by atoms with Crippen molar-refractivity contribution in [2.75, 3.05) is 40.9 Å². The highest BCUT2D eigenvalue weighted by molar-refractivity contribution is 7.45. The fraction of sp³-hybridized carbons (Fsp3) is 0.923. The average molecular weight is 703 g/mol. The molecule has 0 aliphatic rings. The summed E-state index contributed by atoms with van der Waals surface area (Å²) in [5.41, 5.74) is 0. The number of hydrogen-bond donors (Lipinski definition) is 2. The van der Waals surface area contributed by atoms with Gasteiger partial charge in [-0.15, -0.1) is 0 Å². The second kappa shape index (κ2) is 32.2. The zero-order valence-corrected chi connectivity index (χ0v) is 33.1. The summed E-state index contributed by atoms with van der Waals surface area (Å²) in [5.74, 6) is -0.210. The number of likely N-dealkylation sites (N-methyl/N-ethyl adjacent to an activating group) is 1. The lowest BCUT2D eigenvalue weighted by Crippen LogP contribution is -2.45. The third-order valence-electron chi connectivity index (χ3n) is 9.00. The van der Waals surface area contributed by atoms with Crippen LogP contribution in [0.15, 0.2) is 12.2 Å². The van der Waals surface area contributed by atoms with E-state index in [-0.39, 0.29) is 19.1 Å². The molecule has 0 bridgehead atoms. The van der Waals surface area contributed by atoms with E-state index in [1.807, 2.05) is 27.2 Å². The molecule has 0 aliphatic heterocycles. The molecule has 0 aliphatic carbocycles. The van der Waals surface area contributed by atoms with Gasteiger partial charge in [0.05, 0.1) is 39.9 Å². The lowest BCUT2D eigenvalue weighted by molar-refractivity contribution is -0.870. The van der Waals surface area contributed by atoms with Gasteiger partial charge in [-0.1, -0.05) is 167 Å². The topological polar surface area (TPSA) is 108 Å². The molecule has 0 saturated heterocycles. The van der Waals surface area contributed by atoms with Crippen molar-refractivity contribution in [1.29, 1.82) is 0 Å². The van der Waals surface area contributed by atoms with E-state index in [9.17, 15) is 19.4 Å². The van der Waals surface area contributed by atoms with E-state index >= 15 is 0 Å². The maximum atomic E-state index is 12.6. The van der Waals surface area contributed by atoms with Gasteiger partial charge in [0.25, 0.3) is 7.82 Å². The molecule has 2 N–H and O–H groups in total. The first-order valence-corrected chi connectivity index (χ1v) is 21.5. The van der Waals surface area contributed by atoms with Gasteiger partial charge in [0.1, 0.15) is 13.2 Å². The minimum Gasteiger partial charge on any atom is -0.756 e. The quantitative estimate of drug-likeness (QED) is 0.0291. The Balaban J connectivity index is 4.20. The van der Waals surface area contributed by atoms with Gasteiger partial charge in [0.2, 0.25) is 5.91 Å². The number of nitrogens with zero attached hydrogens (tertiary/aromatic N) is 1. The van der Waals surface area contributed by atoms with E-state index in [1.54, 1.807) is 6.08 Å². The minimum absolute atomic E-state index is 0.000952. The number of carbonyl (C=O) groups excluding carboxylic acids is 1. The standard InChI is InChI=1S/C39H79N2O6P/c1-6-8-10-12-13-14-15-16-17-18-19-20-21-22-23-24-25-26-27-29-30-32-38(42)37(40-39(43)33-31-28-11-9-7-2)36-47-48(44,45)46-35-34-41(3,4)5/h30,32,37-38,42H,6-29,31,33-36H2,1-5H3,(H-,40,43,44,45)/b32-30+. The van der Waals surface area contributed by atoms with Gasteiger partial charge in [0.15, 0.2) is 0 Å². The zero-order valence-electron chi connectivity index (χ0n) is 32.2. The number of aliphatic hydroxyl groups is 1. The van der Waals surface area contributed by atoms with Crippen LogP contribution in [-0.4, -0.2) is 68.5 Å². The van der Waals surface area contributed by atoms with E-state index in [0.29, 0.717) is 17.4 Å². The lowest BCUT2D eigenvalue weighted by Gasteiger charge is -2.29. The van der Waals surface area contributed by atoms with Gasteiger partial charge in [-0.3, -0.25) is 9.36 Å². The molecule has 8 nitrogen and oxygen atoms in total. The van der Waals surface area contributed by atoms with Gasteiger partial charge in [0, 0.05) is 6.42 Å². The van der Waals surface area contributed by atoms with Crippen LogP contribution >= 0.6 is 7.82 Å². The summed E-state index contributed by atoms with van der Waals surface area (Å²) in [7, 11) is 1.26. The number of phosphoric acid groups is 1. The predicted octanol–water partition coefficient (Wildman–Crippen LogP) is 9.78. The molecule has 286 valence electrons. The Bertz CT molecular complexity index is 804. The monoisotopic (exact) mass is 703 g/mol. The van der Waals surface area contributed by atoms with E-state index in [4.69, 9.17) is 9.05 Å². The highest BCUT2D eigenvalue weighted by atomic mass is 31.2. The van der Waals surface area contributed by atoms with Gasteiger partial charge >= 0.3 is 0 Å². The lowest BCUT2D eigenvalue weighted by atomic mass is 10.0. The van der Waals surface area contributed by atoms with Crippen molar-refractivity contribution < 1.29 is 32.9 Å². The molecule has 0 heterocycles. The first kappa shape index (κ1) is 47.2. The molecule has 0 aromatic heterocycles. The zero-order chi connectivity index (χ0) is 35.8. The fourth-order valence-corrected chi connectivity index (χ4v) is 6.46. The molecule has 3 atom stereocenters. The van der Waals surface area contributed by atoms with Crippen LogP contribution in [0, 0.1) is 0 Å². The van der Waals surface area contributed by atoms with Crippen LogP contribution in [0.25, 0.3) is 0 Å². The van der Waals surface area contributed by atoms with Crippen LogP contribution in [0.3, 0.4) is 0 Å². The Morgan fingerprint density at radius 3 is 1.56 bits per heavy atom. The first-order chi connectivity index (χ1) is 23.0. The van der Waals surface area contributed by atoms with Crippen LogP contribution in [0.4, 0.5) is 0 Å². The molecule has 0 rings (SSSR count). The summed E-state index contributed by atoms with van der Waals surface area (Å²) < 4.78 is 23.0. The van der Waals surface area contributed by atoms with Crippen molar-refractivity contribution in [1.82, 2.24) is 5.32 Å². The molecule has 0 fully saturated rings. The average Bonchev–Trinajstić information content (AvgIpc) is 3.02. The highest BCUT2D eigenvalue weighted by Crippen LogP contribution is 2.38. The molecular formula is C39H79N2O6P. The number of nitrogens with one attached hydrogen (secondary N) is 1. The molecule has 0 aromatic carbocycles. The van der Waals surface area contributed by atoms with Crippen molar-refractivity contribution in [3.63, 3.8) is 0 Å². The van der Waals surface area contributed by atoms with Gasteiger partial charge < -0.3 is 28.8 Å². The Morgan fingerprint density at radius 2 is 1.12 bits per heavy atom. The van der Waals surface area contributed by atoms with Crippen LogP contribution in [-0.2, 0) is 18.4 Å². The van der Waals surface area contributed by atoms with Crippen molar-refractivity contribution in [2.24, 2.45) is 0 Å². The van der Waals surface area contributed by atoms with Crippen LogP contribution < -0.4 is 10.2 Å². The first-order valence-electron chi connectivity index (χ1n) is 20.1. The van der Waals surface area contributed by atoms with Crippen molar-refractivity contribution >= 4 is 13.7 Å². The SMILES string of the molecule is CCCCCCCCCCCCCCCCCCCCC/C=C/C(O)C(COP(=O)([O-])OCC[N+](C)(C)C)NC(=O)CCCCCCC. The predicted molar refractivity (Wildman–Crippen MR) is 201 cm³/mol. The number of rotatable bonds is 36.